The Hall–Kier alpha value is -2.53. The molecule has 1 saturated heterocycles. The van der Waals surface area contributed by atoms with Crippen molar-refractivity contribution in [2.24, 2.45) is 5.92 Å². The van der Waals surface area contributed by atoms with Crippen LogP contribution in [-0.4, -0.2) is 43.6 Å². The summed E-state index contributed by atoms with van der Waals surface area (Å²) in [5, 5.41) is 0.604. The maximum atomic E-state index is 12.5. The molecule has 6 heteroatoms. The van der Waals surface area contributed by atoms with Crippen LogP contribution in [0.1, 0.15) is 28.8 Å². The lowest BCUT2D eigenvalue weighted by molar-refractivity contribution is -0.149. The van der Waals surface area contributed by atoms with Gasteiger partial charge in [0.2, 0.25) is 0 Å². The summed E-state index contributed by atoms with van der Waals surface area (Å²) >= 11 is 5.87. The van der Waals surface area contributed by atoms with Gasteiger partial charge in [-0.05, 0) is 54.8 Å². The van der Waals surface area contributed by atoms with Crippen LogP contribution in [0, 0.1) is 5.92 Å². The Balaban J connectivity index is 1.41. The molecule has 2 aromatic carbocycles. The second kappa shape index (κ2) is 9.60. The molecule has 1 aliphatic heterocycles. The minimum absolute atomic E-state index is 0.0250. The SMILES string of the molecule is COc1ccc(CCOC(=O)C2CCN(C(=O)c3ccc(Cl)cc3)CC2)cc1. The van der Waals surface area contributed by atoms with Gasteiger partial charge >= 0.3 is 5.97 Å². The maximum Gasteiger partial charge on any atom is 0.309 e. The third-order valence-corrected chi connectivity index (χ3v) is 5.25. The number of likely N-dealkylation sites (tertiary alicyclic amines) is 1. The van der Waals surface area contributed by atoms with E-state index in [9.17, 15) is 9.59 Å². The number of hydrogen-bond donors (Lipinski definition) is 0. The summed E-state index contributed by atoms with van der Waals surface area (Å²) in [7, 11) is 1.63. The summed E-state index contributed by atoms with van der Waals surface area (Å²) in [4.78, 5) is 26.6. The number of methoxy groups -OCH3 is 1. The van der Waals surface area contributed by atoms with Crippen LogP contribution in [0.15, 0.2) is 48.5 Å². The molecular formula is C22H24ClNO4. The average molecular weight is 402 g/mol. The molecule has 28 heavy (non-hydrogen) atoms. The lowest BCUT2D eigenvalue weighted by Gasteiger charge is -2.31. The Labute approximate surface area is 170 Å². The van der Waals surface area contributed by atoms with E-state index in [2.05, 4.69) is 0 Å². The highest BCUT2D eigenvalue weighted by Crippen LogP contribution is 2.21. The predicted molar refractivity (Wildman–Crippen MR) is 108 cm³/mol. The number of rotatable bonds is 6. The number of amides is 1. The van der Waals surface area contributed by atoms with Crippen molar-refractivity contribution in [2.75, 3.05) is 26.8 Å². The monoisotopic (exact) mass is 401 g/mol. The fourth-order valence-electron chi connectivity index (χ4n) is 3.27. The molecule has 2 aromatic rings. The van der Waals surface area contributed by atoms with E-state index in [1.807, 2.05) is 24.3 Å². The number of carbonyl (C=O) groups excluding carboxylic acids is 2. The number of ether oxygens (including phenoxy) is 2. The van der Waals surface area contributed by atoms with E-state index in [0.29, 0.717) is 49.5 Å². The molecule has 1 amide bonds. The lowest BCUT2D eigenvalue weighted by atomic mass is 9.96. The first-order valence-corrected chi connectivity index (χ1v) is 9.79. The van der Waals surface area contributed by atoms with E-state index >= 15 is 0 Å². The normalized spacial score (nSPS) is 14.6. The van der Waals surface area contributed by atoms with Crippen LogP contribution in [0.25, 0.3) is 0 Å². The Morgan fingerprint density at radius 3 is 2.29 bits per heavy atom. The predicted octanol–water partition coefficient (Wildman–Crippen LogP) is 3.99. The van der Waals surface area contributed by atoms with Crippen LogP contribution < -0.4 is 4.74 Å². The van der Waals surface area contributed by atoms with Gasteiger partial charge in [-0.15, -0.1) is 0 Å². The molecule has 0 aromatic heterocycles. The molecule has 3 rings (SSSR count). The number of benzene rings is 2. The van der Waals surface area contributed by atoms with Crippen molar-refractivity contribution < 1.29 is 19.1 Å². The molecule has 1 heterocycles. The average Bonchev–Trinajstić information content (AvgIpc) is 2.74. The highest BCUT2D eigenvalue weighted by Gasteiger charge is 2.28. The second-order valence-corrected chi connectivity index (χ2v) is 7.28. The molecule has 1 fully saturated rings. The summed E-state index contributed by atoms with van der Waals surface area (Å²) in [5.74, 6) is 0.459. The highest BCUT2D eigenvalue weighted by molar-refractivity contribution is 6.30. The summed E-state index contributed by atoms with van der Waals surface area (Å²) in [6.07, 6.45) is 1.92. The van der Waals surface area contributed by atoms with E-state index < -0.39 is 0 Å². The standard InChI is InChI=1S/C22H24ClNO4/c1-27-20-8-2-16(3-9-20)12-15-28-22(26)18-10-13-24(14-11-18)21(25)17-4-6-19(23)7-5-17/h2-9,18H,10-15H2,1H3. The zero-order valence-corrected chi connectivity index (χ0v) is 16.7. The van der Waals surface area contributed by atoms with Crippen molar-refractivity contribution in [3.8, 4) is 5.75 Å². The van der Waals surface area contributed by atoms with Crippen LogP contribution in [0.5, 0.6) is 5.75 Å². The van der Waals surface area contributed by atoms with Crippen LogP contribution in [0.2, 0.25) is 5.02 Å². The van der Waals surface area contributed by atoms with E-state index in [4.69, 9.17) is 21.1 Å². The molecule has 0 saturated carbocycles. The first-order chi connectivity index (χ1) is 13.6. The highest BCUT2D eigenvalue weighted by atomic mass is 35.5. The van der Waals surface area contributed by atoms with Crippen molar-refractivity contribution in [1.82, 2.24) is 4.90 Å². The minimum Gasteiger partial charge on any atom is -0.497 e. The van der Waals surface area contributed by atoms with Crippen LogP contribution >= 0.6 is 11.6 Å². The molecule has 5 nitrogen and oxygen atoms in total. The van der Waals surface area contributed by atoms with Crippen molar-refractivity contribution in [3.63, 3.8) is 0 Å². The Bertz CT molecular complexity index is 796. The molecule has 0 spiro atoms. The van der Waals surface area contributed by atoms with Gasteiger partial charge in [0.1, 0.15) is 5.75 Å². The Morgan fingerprint density at radius 1 is 1.04 bits per heavy atom. The van der Waals surface area contributed by atoms with Gasteiger partial charge < -0.3 is 14.4 Å². The smallest absolute Gasteiger partial charge is 0.309 e. The third-order valence-electron chi connectivity index (χ3n) is 5.00. The van der Waals surface area contributed by atoms with Gasteiger partial charge in [-0.2, -0.15) is 0 Å². The van der Waals surface area contributed by atoms with Gasteiger partial charge in [-0.3, -0.25) is 9.59 Å². The van der Waals surface area contributed by atoms with Gasteiger partial charge in [0.15, 0.2) is 0 Å². The number of esters is 1. The van der Waals surface area contributed by atoms with Gasteiger partial charge in [-0.1, -0.05) is 23.7 Å². The van der Waals surface area contributed by atoms with E-state index in [0.717, 1.165) is 11.3 Å². The van der Waals surface area contributed by atoms with Crippen molar-refractivity contribution >= 4 is 23.5 Å². The zero-order chi connectivity index (χ0) is 19.9. The number of piperidine rings is 1. The molecule has 148 valence electrons. The second-order valence-electron chi connectivity index (χ2n) is 6.84. The van der Waals surface area contributed by atoms with Crippen molar-refractivity contribution in [3.05, 3.63) is 64.7 Å². The van der Waals surface area contributed by atoms with Gasteiger partial charge in [0.05, 0.1) is 19.6 Å². The molecule has 0 atom stereocenters. The fourth-order valence-corrected chi connectivity index (χ4v) is 3.40. The number of nitrogens with zero attached hydrogens (tertiary/aromatic N) is 1. The molecule has 0 radical (unpaired) electrons. The first kappa shape index (κ1) is 20.2. The van der Waals surface area contributed by atoms with Crippen LogP contribution in [0.4, 0.5) is 0 Å². The third kappa shape index (κ3) is 5.26. The number of hydrogen-bond acceptors (Lipinski definition) is 4. The molecule has 1 aliphatic rings. The fraction of sp³-hybridized carbons (Fsp3) is 0.364. The van der Waals surface area contributed by atoms with Gasteiger partial charge in [-0.25, -0.2) is 0 Å². The van der Waals surface area contributed by atoms with Crippen molar-refractivity contribution in [2.45, 2.75) is 19.3 Å². The van der Waals surface area contributed by atoms with Gasteiger partial charge in [0, 0.05) is 30.1 Å². The van der Waals surface area contributed by atoms with E-state index in [-0.39, 0.29) is 17.8 Å². The molecular weight excluding hydrogens is 378 g/mol. The van der Waals surface area contributed by atoms with Crippen LogP contribution in [-0.2, 0) is 16.0 Å². The molecule has 0 unspecified atom stereocenters. The summed E-state index contributed by atoms with van der Waals surface area (Å²) in [6.45, 7) is 1.47. The lowest BCUT2D eigenvalue weighted by Crippen LogP contribution is -2.40. The maximum absolute atomic E-state index is 12.5. The summed E-state index contributed by atoms with van der Waals surface area (Å²) < 4.78 is 10.6. The van der Waals surface area contributed by atoms with E-state index in [1.165, 1.54) is 0 Å². The topological polar surface area (TPSA) is 55.8 Å². The Morgan fingerprint density at radius 2 is 1.68 bits per heavy atom. The van der Waals surface area contributed by atoms with Crippen molar-refractivity contribution in [1.29, 1.82) is 0 Å². The number of carbonyl (C=O) groups is 2. The molecule has 0 N–H and O–H groups in total. The molecule has 0 aliphatic carbocycles. The summed E-state index contributed by atoms with van der Waals surface area (Å²) in [6, 6.07) is 14.6. The minimum atomic E-state index is -0.174. The first-order valence-electron chi connectivity index (χ1n) is 9.41. The van der Waals surface area contributed by atoms with E-state index in [1.54, 1.807) is 36.3 Å². The Kier molecular flexibility index (Phi) is 6.93. The zero-order valence-electron chi connectivity index (χ0n) is 15.9. The van der Waals surface area contributed by atoms with Crippen LogP contribution in [0.3, 0.4) is 0 Å². The number of halogens is 1. The summed E-state index contributed by atoms with van der Waals surface area (Å²) in [5.41, 5.74) is 1.71. The van der Waals surface area contributed by atoms with Gasteiger partial charge in [0.25, 0.3) is 5.91 Å². The molecule has 0 bridgehead atoms. The quantitative estimate of drug-likeness (QED) is 0.687. The largest absolute Gasteiger partial charge is 0.497 e.